The number of carbonyl (C=O) groups is 2. The van der Waals surface area contributed by atoms with Crippen molar-refractivity contribution in [1.29, 1.82) is 0 Å². The molecule has 144 valence electrons. The second-order valence-corrected chi connectivity index (χ2v) is 7.15. The van der Waals surface area contributed by atoms with Crippen LogP contribution in [0.4, 0.5) is 0 Å². The monoisotopic (exact) mass is 406 g/mol. The standard InChI is InChI=1S/C21H24Cl2N2O2/c1-3-7-20(26)25(14-16-10-11-17(22)18(23)12-16)19(21(27)24-2)13-15-8-5-4-6-9-15/h4-6,8-12,19H,3,7,13-14H2,1-2H3,(H,24,27). The van der Waals surface area contributed by atoms with Gasteiger partial charge in [0.25, 0.3) is 0 Å². The van der Waals surface area contributed by atoms with Gasteiger partial charge >= 0.3 is 0 Å². The zero-order chi connectivity index (χ0) is 19.8. The van der Waals surface area contributed by atoms with E-state index >= 15 is 0 Å². The van der Waals surface area contributed by atoms with E-state index in [0.29, 0.717) is 35.9 Å². The second kappa shape index (κ2) is 10.3. The molecular formula is C21H24Cl2N2O2. The van der Waals surface area contributed by atoms with E-state index in [0.717, 1.165) is 11.1 Å². The van der Waals surface area contributed by atoms with Gasteiger partial charge in [-0.3, -0.25) is 9.59 Å². The Morgan fingerprint density at radius 1 is 1.04 bits per heavy atom. The van der Waals surface area contributed by atoms with E-state index in [2.05, 4.69) is 5.32 Å². The molecule has 0 saturated carbocycles. The zero-order valence-electron chi connectivity index (χ0n) is 15.5. The Kier molecular flexibility index (Phi) is 8.14. The Bertz CT molecular complexity index is 781. The summed E-state index contributed by atoms with van der Waals surface area (Å²) in [5.74, 6) is -0.253. The molecule has 0 heterocycles. The third kappa shape index (κ3) is 5.98. The van der Waals surface area contributed by atoms with Gasteiger partial charge < -0.3 is 10.2 Å². The highest BCUT2D eigenvalue weighted by Crippen LogP contribution is 2.24. The molecular weight excluding hydrogens is 383 g/mol. The molecule has 0 radical (unpaired) electrons. The van der Waals surface area contributed by atoms with Gasteiger partial charge in [-0.15, -0.1) is 0 Å². The Balaban J connectivity index is 2.35. The van der Waals surface area contributed by atoms with Gasteiger partial charge in [-0.2, -0.15) is 0 Å². The van der Waals surface area contributed by atoms with Crippen molar-refractivity contribution in [3.8, 4) is 0 Å². The summed E-state index contributed by atoms with van der Waals surface area (Å²) in [6, 6.07) is 14.3. The summed E-state index contributed by atoms with van der Waals surface area (Å²) >= 11 is 12.1. The summed E-state index contributed by atoms with van der Waals surface area (Å²) < 4.78 is 0. The minimum absolute atomic E-state index is 0.0619. The third-order valence-electron chi connectivity index (χ3n) is 4.32. The topological polar surface area (TPSA) is 49.4 Å². The highest BCUT2D eigenvalue weighted by Gasteiger charge is 2.29. The Morgan fingerprint density at radius 2 is 1.74 bits per heavy atom. The molecule has 0 spiro atoms. The molecule has 0 aliphatic heterocycles. The highest BCUT2D eigenvalue weighted by atomic mass is 35.5. The largest absolute Gasteiger partial charge is 0.357 e. The van der Waals surface area contributed by atoms with E-state index in [1.54, 1.807) is 24.1 Å². The van der Waals surface area contributed by atoms with E-state index in [4.69, 9.17) is 23.2 Å². The van der Waals surface area contributed by atoms with Crippen molar-refractivity contribution >= 4 is 35.0 Å². The van der Waals surface area contributed by atoms with E-state index in [9.17, 15) is 9.59 Å². The molecule has 0 aromatic heterocycles. The fourth-order valence-electron chi connectivity index (χ4n) is 2.91. The lowest BCUT2D eigenvalue weighted by molar-refractivity contribution is -0.141. The van der Waals surface area contributed by atoms with Crippen molar-refractivity contribution < 1.29 is 9.59 Å². The predicted molar refractivity (Wildman–Crippen MR) is 110 cm³/mol. The van der Waals surface area contributed by atoms with Crippen LogP contribution in [0.15, 0.2) is 48.5 Å². The smallest absolute Gasteiger partial charge is 0.242 e. The Morgan fingerprint density at radius 3 is 2.33 bits per heavy atom. The molecule has 2 amide bonds. The SMILES string of the molecule is CCCC(=O)N(Cc1ccc(Cl)c(Cl)c1)C(Cc1ccccc1)C(=O)NC. The lowest BCUT2D eigenvalue weighted by Crippen LogP contribution is -2.49. The Hall–Kier alpha value is -2.04. The van der Waals surface area contributed by atoms with Crippen molar-refractivity contribution in [1.82, 2.24) is 10.2 Å². The van der Waals surface area contributed by atoms with Gasteiger partial charge in [0.15, 0.2) is 0 Å². The molecule has 1 N–H and O–H groups in total. The molecule has 27 heavy (non-hydrogen) atoms. The first-order valence-corrected chi connectivity index (χ1v) is 9.70. The maximum absolute atomic E-state index is 12.8. The fourth-order valence-corrected chi connectivity index (χ4v) is 3.23. The number of amides is 2. The van der Waals surface area contributed by atoms with Crippen LogP contribution in [0.3, 0.4) is 0 Å². The molecule has 4 nitrogen and oxygen atoms in total. The van der Waals surface area contributed by atoms with Crippen molar-refractivity contribution in [2.75, 3.05) is 7.05 Å². The first kappa shape index (κ1) is 21.3. The van der Waals surface area contributed by atoms with E-state index in [1.807, 2.05) is 43.3 Å². The van der Waals surface area contributed by atoms with Crippen LogP contribution in [0.25, 0.3) is 0 Å². The van der Waals surface area contributed by atoms with Crippen LogP contribution >= 0.6 is 23.2 Å². The first-order chi connectivity index (χ1) is 13.0. The average Bonchev–Trinajstić information content (AvgIpc) is 2.67. The summed E-state index contributed by atoms with van der Waals surface area (Å²) in [7, 11) is 1.59. The zero-order valence-corrected chi connectivity index (χ0v) is 17.1. The van der Waals surface area contributed by atoms with Crippen LogP contribution in [0, 0.1) is 0 Å². The maximum Gasteiger partial charge on any atom is 0.242 e. The van der Waals surface area contributed by atoms with Crippen LogP contribution in [0.5, 0.6) is 0 Å². The van der Waals surface area contributed by atoms with Crippen LogP contribution in [-0.2, 0) is 22.6 Å². The van der Waals surface area contributed by atoms with Crippen LogP contribution in [-0.4, -0.2) is 29.8 Å². The van der Waals surface area contributed by atoms with Gasteiger partial charge in [0.05, 0.1) is 10.0 Å². The minimum atomic E-state index is -0.606. The van der Waals surface area contributed by atoms with Crippen LogP contribution in [0.1, 0.15) is 30.9 Å². The van der Waals surface area contributed by atoms with Crippen molar-refractivity contribution in [3.05, 3.63) is 69.7 Å². The first-order valence-electron chi connectivity index (χ1n) is 8.95. The maximum atomic E-state index is 12.8. The number of halogens is 2. The second-order valence-electron chi connectivity index (χ2n) is 6.34. The van der Waals surface area contributed by atoms with Crippen molar-refractivity contribution in [2.45, 2.75) is 38.8 Å². The summed E-state index contributed by atoms with van der Waals surface area (Å²) in [4.78, 5) is 27.1. The molecule has 1 unspecified atom stereocenters. The third-order valence-corrected chi connectivity index (χ3v) is 5.06. The van der Waals surface area contributed by atoms with Crippen LogP contribution in [0.2, 0.25) is 10.0 Å². The summed E-state index contributed by atoms with van der Waals surface area (Å²) in [5, 5.41) is 3.57. The van der Waals surface area contributed by atoms with Gasteiger partial charge in [0.1, 0.15) is 6.04 Å². The average molecular weight is 407 g/mol. The normalized spacial score (nSPS) is 11.7. The van der Waals surface area contributed by atoms with Gasteiger partial charge in [-0.1, -0.05) is 66.5 Å². The molecule has 0 saturated heterocycles. The Labute approximate surface area is 170 Å². The molecule has 0 fully saturated rings. The van der Waals surface area contributed by atoms with Crippen molar-refractivity contribution in [3.63, 3.8) is 0 Å². The number of nitrogens with one attached hydrogen (secondary N) is 1. The molecule has 0 aliphatic rings. The van der Waals surface area contributed by atoms with Gasteiger partial charge in [-0.05, 0) is 29.7 Å². The summed E-state index contributed by atoms with van der Waals surface area (Å²) in [6.07, 6.45) is 1.53. The van der Waals surface area contributed by atoms with E-state index < -0.39 is 6.04 Å². The summed E-state index contributed by atoms with van der Waals surface area (Å²) in [5.41, 5.74) is 1.82. The minimum Gasteiger partial charge on any atom is -0.357 e. The lowest BCUT2D eigenvalue weighted by atomic mass is 10.0. The number of hydrogen-bond donors (Lipinski definition) is 1. The van der Waals surface area contributed by atoms with Crippen molar-refractivity contribution in [2.24, 2.45) is 0 Å². The van der Waals surface area contributed by atoms with Gasteiger partial charge in [-0.25, -0.2) is 0 Å². The molecule has 0 aliphatic carbocycles. The lowest BCUT2D eigenvalue weighted by Gasteiger charge is -2.31. The molecule has 2 aromatic carbocycles. The molecule has 2 rings (SSSR count). The predicted octanol–water partition coefficient (Wildman–Crippen LogP) is 4.48. The molecule has 6 heteroatoms. The quantitative estimate of drug-likeness (QED) is 0.702. The molecule has 2 aromatic rings. The van der Waals surface area contributed by atoms with Crippen LogP contribution < -0.4 is 5.32 Å². The number of likely N-dealkylation sites (N-methyl/N-ethyl adjacent to an activating group) is 1. The molecule has 1 atom stereocenters. The number of nitrogens with zero attached hydrogens (tertiary/aromatic N) is 1. The van der Waals surface area contributed by atoms with E-state index in [1.165, 1.54) is 0 Å². The highest BCUT2D eigenvalue weighted by molar-refractivity contribution is 6.42. The van der Waals surface area contributed by atoms with Gasteiger partial charge in [0, 0.05) is 26.4 Å². The molecule has 0 bridgehead atoms. The summed E-state index contributed by atoms with van der Waals surface area (Å²) in [6.45, 7) is 2.24. The van der Waals surface area contributed by atoms with Gasteiger partial charge in [0.2, 0.25) is 11.8 Å². The number of benzene rings is 2. The number of rotatable bonds is 8. The van der Waals surface area contributed by atoms with E-state index in [-0.39, 0.29) is 11.8 Å². The number of hydrogen-bond acceptors (Lipinski definition) is 2. The fraction of sp³-hybridized carbons (Fsp3) is 0.333. The number of carbonyl (C=O) groups excluding carboxylic acids is 2.